The van der Waals surface area contributed by atoms with Crippen molar-refractivity contribution in [2.24, 2.45) is 0 Å². The van der Waals surface area contributed by atoms with Gasteiger partial charge in [0.15, 0.2) is 17.3 Å². The van der Waals surface area contributed by atoms with Crippen LogP contribution >= 0.6 is 36.4 Å². The first-order valence-electron chi connectivity index (χ1n) is 12.7. The van der Waals surface area contributed by atoms with Crippen molar-refractivity contribution in [3.63, 3.8) is 0 Å². The van der Waals surface area contributed by atoms with Gasteiger partial charge in [0.1, 0.15) is 0 Å². The Morgan fingerprint density at radius 3 is 2.41 bits per heavy atom. The summed E-state index contributed by atoms with van der Waals surface area (Å²) in [6.07, 6.45) is 6.91. The normalized spacial score (nSPS) is 20.5. The molecule has 3 aromatic rings. The number of halogens is 4. The third kappa shape index (κ3) is 6.74. The molecule has 1 saturated carbocycles. The number of phenols is 1. The Labute approximate surface area is 244 Å². The number of phenolic OH excluding ortho intramolecular Hbond substituents is 1. The molecule has 0 bridgehead atoms. The third-order valence-corrected chi connectivity index (χ3v) is 7.68. The summed E-state index contributed by atoms with van der Waals surface area (Å²) in [6, 6.07) is 8.43. The summed E-state index contributed by atoms with van der Waals surface area (Å²) in [4.78, 5) is 29.5. The number of aromatic nitrogens is 1. The van der Waals surface area contributed by atoms with E-state index >= 15 is 0 Å². The van der Waals surface area contributed by atoms with Gasteiger partial charge in [-0.15, -0.1) is 24.8 Å². The van der Waals surface area contributed by atoms with Gasteiger partial charge in [0, 0.05) is 23.7 Å². The summed E-state index contributed by atoms with van der Waals surface area (Å²) in [5.74, 6) is -1.40. The number of ketones is 1. The van der Waals surface area contributed by atoms with E-state index in [2.05, 4.69) is 20.9 Å². The lowest BCUT2D eigenvalue weighted by molar-refractivity contribution is -0.123. The van der Waals surface area contributed by atoms with Crippen molar-refractivity contribution in [1.29, 1.82) is 0 Å². The SMILES string of the molecule is CC(=O)c1cnc2ccc(-c3cc(F)c(O)c(Cl)c3)cc2c1N[C@H]1CC[C@H](NC(=O)[C@@H]2CCCN2)CC1.Cl.Cl. The highest BCUT2D eigenvalue weighted by molar-refractivity contribution is 6.32. The van der Waals surface area contributed by atoms with Crippen molar-refractivity contribution in [1.82, 2.24) is 15.6 Å². The van der Waals surface area contributed by atoms with E-state index in [1.165, 1.54) is 19.1 Å². The van der Waals surface area contributed by atoms with Gasteiger partial charge >= 0.3 is 0 Å². The second-order valence-corrected chi connectivity index (χ2v) is 10.4. The number of carbonyl (C=O) groups is 2. The quantitative estimate of drug-likeness (QED) is 0.259. The Kier molecular flexibility index (Phi) is 10.4. The van der Waals surface area contributed by atoms with Crippen LogP contribution in [0.2, 0.25) is 5.02 Å². The van der Waals surface area contributed by atoms with Crippen molar-refractivity contribution in [2.45, 2.75) is 63.6 Å². The number of anilines is 1. The van der Waals surface area contributed by atoms with Gasteiger partial charge in [-0.3, -0.25) is 14.6 Å². The maximum Gasteiger partial charge on any atom is 0.237 e. The summed E-state index contributed by atoms with van der Waals surface area (Å²) in [5.41, 5.74) is 3.08. The van der Waals surface area contributed by atoms with Crippen LogP contribution in [0.1, 0.15) is 55.8 Å². The zero-order valence-electron chi connectivity index (χ0n) is 21.4. The third-order valence-electron chi connectivity index (χ3n) is 7.40. The van der Waals surface area contributed by atoms with Gasteiger partial charge in [-0.1, -0.05) is 17.7 Å². The van der Waals surface area contributed by atoms with Crippen molar-refractivity contribution in [3.8, 4) is 16.9 Å². The molecule has 4 N–H and O–H groups in total. The lowest BCUT2D eigenvalue weighted by Crippen LogP contribution is -2.47. The Bertz CT molecular complexity index is 1340. The van der Waals surface area contributed by atoms with Gasteiger partial charge in [0.25, 0.3) is 0 Å². The smallest absolute Gasteiger partial charge is 0.237 e. The molecule has 1 aliphatic heterocycles. The van der Waals surface area contributed by atoms with E-state index in [4.69, 9.17) is 11.6 Å². The first-order valence-corrected chi connectivity index (χ1v) is 13.1. The molecule has 1 saturated heterocycles. The van der Waals surface area contributed by atoms with Crippen LogP contribution in [0.5, 0.6) is 5.75 Å². The molecular formula is C28H32Cl3FN4O3. The fourth-order valence-electron chi connectivity index (χ4n) is 5.32. The predicted octanol–water partition coefficient (Wildman–Crippen LogP) is 6.04. The molecule has 2 heterocycles. The molecule has 7 nitrogen and oxygen atoms in total. The molecule has 5 rings (SSSR count). The maximum absolute atomic E-state index is 14.2. The minimum Gasteiger partial charge on any atom is -0.504 e. The Morgan fingerprint density at radius 1 is 1.05 bits per heavy atom. The second kappa shape index (κ2) is 13.1. The van der Waals surface area contributed by atoms with Crippen molar-refractivity contribution >= 4 is 64.7 Å². The van der Waals surface area contributed by atoms with Gasteiger partial charge in [0.05, 0.1) is 27.8 Å². The Balaban J connectivity index is 0.00000210. The topological polar surface area (TPSA) is 103 Å². The zero-order chi connectivity index (χ0) is 26.1. The number of amides is 1. The number of rotatable bonds is 6. The molecule has 1 aromatic heterocycles. The fourth-order valence-corrected chi connectivity index (χ4v) is 5.53. The van der Waals surface area contributed by atoms with Gasteiger partial charge in [-0.2, -0.15) is 0 Å². The average Bonchev–Trinajstić information content (AvgIpc) is 3.43. The Hall–Kier alpha value is -2.65. The molecule has 0 spiro atoms. The molecule has 39 heavy (non-hydrogen) atoms. The highest BCUT2D eigenvalue weighted by atomic mass is 35.5. The van der Waals surface area contributed by atoms with Crippen LogP contribution < -0.4 is 16.0 Å². The lowest BCUT2D eigenvalue weighted by Gasteiger charge is -2.31. The molecule has 11 heteroatoms. The average molecular weight is 598 g/mol. The standard InChI is InChI=1S/C28H30ClFN4O3.2ClH/c1-15(35)21-14-32-24-9-4-16(17-12-22(29)27(36)23(30)13-17)11-20(24)26(21)33-18-5-7-19(8-6-18)34-28(37)25-3-2-10-31-25;;/h4,9,11-14,18-19,25,31,36H,2-3,5-8,10H2,1H3,(H,32,33)(H,34,37);2*1H/t18-,19-,25-;;/m0../s1. The minimum atomic E-state index is -0.802. The molecule has 0 unspecified atom stereocenters. The number of fused-ring (bicyclic) bond motifs is 1. The number of hydrogen-bond acceptors (Lipinski definition) is 6. The molecule has 2 aromatic carbocycles. The number of Topliss-reactive ketones (excluding diaryl/α,β-unsaturated/α-hetero) is 1. The molecule has 2 aliphatic rings. The van der Waals surface area contributed by atoms with Gasteiger partial charge in [-0.25, -0.2) is 4.39 Å². The van der Waals surface area contributed by atoms with Gasteiger partial charge in [0.2, 0.25) is 5.91 Å². The van der Waals surface area contributed by atoms with E-state index in [9.17, 15) is 19.1 Å². The van der Waals surface area contributed by atoms with Crippen molar-refractivity contribution in [3.05, 3.63) is 52.9 Å². The van der Waals surface area contributed by atoms with Gasteiger partial charge in [-0.05, 0) is 87.4 Å². The lowest BCUT2D eigenvalue weighted by atomic mass is 9.90. The fraction of sp³-hybridized carbons (Fsp3) is 0.393. The van der Waals surface area contributed by atoms with E-state index in [0.29, 0.717) is 27.9 Å². The van der Waals surface area contributed by atoms with Crippen LogP contribution in [0.3, 0.4) is 0 Å². The summed E-state index contributed by atoms with van der Waals surface area (Å²) in [6.45, 7) is 2.40. The molecule has 2 fully saturated rings. The maximum atomic E-state index is 14.2. The number of aromatic hydroxyl groups is 1. The summed E-state index contributed by atoms with van der Waals surface area (Å²) in [5, 5.41) is 20.4. The molecule has 0 radical (unpaired) electrons. The van der Waals surface area contributed by atoms with Crippen molar-refractivity contribution in [2.75, 3.05) is 11.9 Å². The van der Waals surface area contributed by atoms with Crippen molar-refractivity contribution < 1.29 is 19.1 Å². The second-order valence-electron chi connectivity index (χ2n) is 9.97. The number of nitrogens with zero attached hydrogens (tertiary/aromatic N) is 1. The predicted molar refractivity (Wildman–Crippen MR) is 157 cm³/mol. The minimum absolute atomic E-state index is 0. The first kappa shape index (κ1) is 30.9. The number of nitrogens with one attached hydrogen (secondary N) is 3. The van der Waals surface area contributed by atoms with E-state index < -0.39 is 11.6 Å². The summed E-state index contributed by atoms with van der Waals surface area (Å²) >= 11 is 6.01. The van der Waals surface area contributed by atoms with Crippen LogP contribution in [0.15, 0.2) is 36.5 Å². The largest absolute Gasteiger partial charge is 0.504 e. The number of carbonyl (C=O) groups excluding carboxylic acids is 2. The van der Waals surface area contributed by atoms with E-state index in [1.807, 2.05) is 18.2 Å². The number of benzene rings is 2. The Morgan fingerprint density at radius 2 is 1.77 bits per heavy atom. The molecule has 1 amide bonds. The molecule has 1 aliphatic carbocycles. The van der Waals surface area contributed by atoms with Crippen LogP contribution in [-0.4, -0.2) is 46.5 Å². The highest BCUT2D eigenvalue weighted by Gasteiger charge is 2.28. The zero-order valence-corrected chi connectivity index (χ0v) is 23.8. The van der Waals surface area contributed by atoms with Crippen LogP contribution in [-0.2, 0) is 4.79 Å². The van der Waals surface area contributed by atoms with Crippen LogP contribution in [0, 0.1) is 5.82 Å². The van der Waals surface area contributed by atoms with E-state index in [-0.39, 0.29) is 59.7 Å². The molecular weight excluding hydrogens is 566 g/mol. The molecule has 1 atom stereocenters. The first-order chi connectivity index (χ1) is 17.8. The van der Waals surface area contributed by atoms with Crippen LogP contribution in [0.25, 0.3) is 22.0 Å². The van der Waals surface area contributed by atoms with E-state index in [0.717, 1.165) is 50.5 Å². The monoisotopic (exact) mass is 596 g/mol. The van der Waals surface area contributed by atoms with Crippen LogP contribution in [0.4, 0.5) is 10.1 Å². The summed E-state index contributed by atoms with van der Waals surface area (Å²) in [7, 11) is 0. The highest BCUT2D eigenvalue weighted by Crippen LogP contribution is 2.36. The van der Waals surface area contributed by atoms with Gasteiger partial charge < -0.3 is 21.1 Å². The number of hydrogen-bond donors (Lipinski definition) is 4. The van der Waals surface area contributed by atoms with E-state index in [1.54, 1.807) is 6.20 Å². The summed E-state index contributed by atoms with van der Waals surface area (Å²) < 4.78 is 14.2. The number of pyridine rings is 1. The molecule has 210 valence electrons.